The second-order valence-electron chi connectivity index (χ2n) is 7.23. The quantitative estimate of drug-likeness (QED) is 0.186. The van der Waals surface area contributed by atoms with Crippen LogP contribution in [-0.4, -0.2) is 10.7 Å². The van der Waals surface area contributed by atoms with Gasteiger partial charge in [-0.2, -0.15) is 0 Å². The molecule has 0 unspecified atom stereocenters. The van der Waals surface area contributed by atoms with Gasteiger partial charge in [0, 0.05) is 0 Å². The molecule has 2 aromatic carbocycles. The van der Waals surface area contributed by atoms with Gasteiger partial charge in [0.1, 0.15) is 0 Å². The van der Waals surface area contributed by atoms with E-state index in [1.165, 1.54) is 40.7 Å². The minimum Gasteiger partial charge on any atom is -0.348 e. The van der Waals surface area contributed by atoms with Gasteiger partial charge in [0.2, 0.25) is 0 Å². The zero-order chi connectivity index (χ0) is 20.2. The maximum Gasteiger partial charge on any atom is 0.299 e. The van der Waals surface area contributed by atoms with E-state index in [-0.39, 0.29) is 0 Å². The molecule has 0 saturated heterocycles. The molecule has 0 spiro atoms. The van der Waals surface area contributed by atoms with Crippen molar-refractivity contribution in [1.82, 2.24) is 0 Å². The van der Waals surface area contributed by atoms with E-state index in [0.717, 1.165) is 37.7 Å². The molecule has 0 aliphatic carbocycles. The van der Waals surface area contributed by atoms with E-state index in [1.807, 2.05) is 6.08 Å². The molecule has 0 fully saturated rings. The van der Waals surface area contributed by atoms with Gasteiger partial charge in [-0.15, -0.1) is 4.79 Å². The first-order chi connectivity index (χ1) is 13.7. The fraction of sp³-hybridized carbons (Fsp3) is 0.385. The number of rotatable bonds is 10. The average molecular weight is 373 g/mol. The van der Waals surface area contributed by atoms with Gasteiger partial charge in [-0.3, -0.25) is 0 Å². The normalized spacial score (nSPS) is 11.4. The zero-order valence-electron chi connectivity index (χ0n) is 17.5. The first-order valence-electron chi connectivity index (χ1n) is 10.6. The Balaban J connectivity index is 2.61. The van der Waals surface area contributed by atoms with Crippen molar-refractivity contribution in [2.24, 2.45) is 0 Å². The third-order valence-electron chi connectivity index (χ3n) is 5.10. The standard InChI is InChI=1S/C26H32N2/c1-4-7-10-22-14-16-24(17-15-22)26(23(12-8-5-2)18-19-28-27)25-13-9-11-21(6-3)20-25/h9,11,13-18,20H,4-8,10,12H2,1-3H3. The molecule has 0 radical (unpaired) electrons. The summed E-state index contributed by atoms with van der Waals surface area (Å²) in [5, 5.41) is 0. The fourth-order valence-corrected chi connectivity index (χ4v) is 3.45. The van der Waals surface area contributed by atoms with Gasteiger partial charge in [0.25, 0.3) is 5.87 Å². The SMILES string of the molecule is CCCCC(C=C=[N+]=[N-])=C(c1ccc(CCCC)cc1)c1cccc(CC)c1. The molecule has 146 valence electrons. The van der Waals surface area contributed by atoms with Crippen LogP contribution in [0.1, 0.15) is 75.1 Å². The Hall–Kier alpha value is -2.66. The number of unbranched alkanes of at least 4 members (excludes halogenated alkanes) is 2. The molecule has 0 amide bonds. The number of hydrogen-bond acceptors (Lipinski definition) is 0. The Morgan fingerprint density at radius 1 is 0.929 bits per heavy atom. The van der Waals surface area contributed by atoms with Crippen LogP contribution in [0.25, 0.3) is 11.1 Å². The predicted molar refractivity (Wildman–Crippen MR) is 120 cm³/mol. The van der Waals surface area contributed by atoms with Crippen molar-refractivity contribution >= 4 is 11.4 Å². The lowest BCUT2D eigenvalue weighted by Crippen LogP contribution is -1.96. The largest absolute Gasteiger partial charge is 0.348 e. The summed E-state index contributed by atoms with van der Waals surface area (Å²) in [6.45, 7) is 6.60. The molecule has 0 aliphatic rings. The first-order valence-corrected chi connectivity index (χ1v) is 10.6. The van der Waals surface area contributed by atoms with Crippen LogP contribution in [0.3, 0.4) is 0 Å². The highest BCUT2D eigenvalue weighted by Gasteiger charge is 2.12. The van der Waals surface area contributed by atoms with Crippen LogP contribution in [-0.2, 0) is 12.8 Å². The molecule has 0 bridgehead atoms. The summed E-state index contributed by atoms with van der Waals surface area (Å²) in [6.07, 6.45) is 9.53. The Morgan fingerprint density at radius 3 is 2.32 bits per heavy atom. The number of nitrogens with zero attached hydrogens (tertiary/aromatic N) is 2. The van der Waals surface area contributed by atoms with Gasteiger partial charge >= 0.3 is 0 Å². The monoisotopic (exact) mass is 372 g/mol. The Kier molecular flexibility index (Phi) is 9.22. The third-order valence-corrected chi connectivity index (χ3v) is 5.10. The number of benzene rings is 2. The van der Waals surface area contributed by atoms with Crippen LogP contribution in [0, 0.1) is 0 Å². The summed E-state index contributed by atoms with van der Waals surface area (Å²) in [5.74, 6) is 2.64. The second kappa shape index (κ2) is 11.9. The van der Waals surface area contributed by atoms with Crippen LogP contribution in [0.4, 0.5) is 0 Å². The fourth-order valence-electron chi connectivity index (χ4n) is 3.45. The van der Waals surface area contributed by atoms with Crippen molar-refractivity contribution in [2.45, 2.75) is 65.7 Å². The summed E-state index contributed by atoms with van der Waals surface area (Å²) in [4.78, 5) is 3.10. The van der Waals surface area contributed by atoms with Crippen molar-refractivity contribution in [2.75, 3.05) is 0 Å². The van der Waals surface area contributed by atoms with Crippen molar-refractivity contribution < 1.29 is 4.79 Å². The smallest absolute Gasteiger partial charge is 0.299 e. The predicted octanol–water partition coefficient (Wildman–Crippen LogP) is 7.04. The summed E-state index contributed by atoms with van der Waals surface area (Å²) in [5.41, 5.74) is 16.4. The van der Waals surface area contributed by atoms with Crippen molar-refractivity contribution in [1.29, 1.82) is 0 Å². The van der Waals surface area contributed by atoms with Crippen LogP contribution >= 0.6 is 0 Å². The van der Waals surface area contributed by atoms with Gasteiger partial charge in [-0.25, -0.2) is 0 Å². The zero-order valence-corrected chi connectivity index (χ0v) is 17.5. The van der Waals surface area contributed by atoms with Gasteiger partial charge < -0.3 is 5.53 Å². The van der Waals surface area contributed by atoms with Crippen molar-refractivity contribution in [3.8, 4) is 0 Å². The van der Waals surface area contributed by atoms with E-state index in [2.05, 4.69) is 80.0 Å². The molecule has 2 heteroatoms. The molecule has 0 heterocycles. The van der Waals surface area contributed by atoms with Crippen LogP contribution < -0.4 is 0 Å². The second-order valence-corrected chi connectivity index (χ2v) is 7.23. The molecule has 2 nitrogen and oxygen atoms in total. The van der Waals surface area contributed by atoms with E-state index < -0.39 is 0 Å². The van der Waals surface area contributed by atoms with Crippen LogP contribution in [0.15, 0.2) is 60.2 Å². The van der Waals surface area contributed by atoms with Gasteiger partial charge in [-0.1, -0.05) is 82.1 Å². The van der Waals surface area contributed by atoms with Crippen LogP contribution in [0.5, 0.6) is 0 Å². The highest BCUT2D eigenvalue weighted by atomic mass is 14.8. The molecule has 0 aliphatic heterocycles. The molecular weight excluding hydrogens is 340 g/mol. The maximum absolute atomic E-state index is 8.92. The maximum atomic E-state index is 8.92. The topological polar surface area (TPSA) is 36.4 Å². The Bertz CT molecular complexity index is 862. The molecule has 2 rings (SSSR count). The third kappa shape index (κ3) is 6.20. The Labute approximate surface area is 170 Å². The number of hydrogen-bond donors (Lipinski definition) is 0. The minimum absolute atomic E-state index is 0.933. The van der Waals surface area contributed by atoms with E-state index in [0.29, 0.717) is 0 Å². The minimum atomic E-state index is 0.933. The van der Waals surface area contributed by atoms with Crippen molar-refractivity contribution in [3.05, 3.63) is 88.0 Å². The van der Waals surface area contributed by atoms with Gasteiger partial charge in [0.05, 0.1) is 6.08 Å². The molecule has 0 N–H and O–H groups in total. The molecular formula is C26H32N2. The lowest BCUT2D eigenvalue weighted by molar-refractivity contribution is 0.00800. The number of allylic oxidation sites excluding steroid dienone is 2. The van der Waals surface area contributed by atoms with Gasteiger partial charge in [0.15, 0.2) is 0 Å². The average Bonchev–Trinajstić information content (AvgIpc) is 2.75. The number of aryl methyl sites for hydroxylation is 2. The summed E-state index contributed by atoms with van der Waals surface area (Å²) in [6, 6.07) is 17.7. The van der Waals surface area contributed by atoms with E-state index in [4.69, 9.17) is 5.53 Å². The highest BCUT2D eigenvalue weighted by molar-refractivity contribution is 5.85. The lowest BCUT2D eigenvalue weighted by Gasteiger charge is -2.15. The molecule has 0 saturated carbocycles. The van der Waals surface area contributed by atoms with E-state index in [9.17, 15) is 0 Å². The van der Waals surface area contributed by atoms with E-state index >= 15 is 0 Å². The lowest BCUT2D eigenvalue weighted by atomic mass is 9.89. The molecule has 0 aromatic heterocycles. The van der Waals surface area contributed by atoms with Crippen molar-refractivity contribution in [3.63, 3.8) is 0 Å². The van der Waals surface area contributed by atoms with Crippen LogP contribution in [0.2, 0.25) is 0 Å². The molecule has 2 aromatic rings. The summed E-state index contributed by atoms with van der Waals surface area (Å²) in [7, 11) is 0. The molecule has 0 atom stereocenters. The highest BCUT2D eigenvalue weighted by Crippen LogP contribution is 2.31. The van der Waals surface area contributed by atoms with E-state index in [1.54, 1.807) is 0 Å². The summed E-state index contributed by atoms with van der Waals surface area (Å²) < 4.78 is 0. The first kappa shape index (κ1) is 21.6. The molecule has 28 heavy (non-hydrogen) atoms. The van der Waals surface area contributed by atoms with Gasteiger partial charge in [-0.05, 0) is 65.5 Å². The Morgan fingerprint density at radius 2 is 1.68 bits per heavy atom. The summed E-state index contributed by atoms with van der Waals surface area (Å²) >= 11 is 0.